The van der Waals surface area contributed by atoms with Crippen molar-refractivity contribution in [2.45, 2.75) is 85.7 Å². The number of nitrogens with two attached hydrogens (primary N) is 1. The second kappa shape index (κ2) is 13.8. The van der Waals surface area contributed by atoms with Gasteiger partial charge in [-0.2, -0.15) is 0 Å². The number of rotatable bonds is 5. The molecule has 1 atom stereocenters. The molecule has 1 saturated heterocycles. The van der Waals surface area contributed by atoms with Gasteiger partial charge < -0.3 is 40.1 Å². The molecule has 13 heteroatoms. The molecule has 1 unspecified atom stereocenters. The number of fused-ring (bicyclic) bond motifs is 2. The van der Waals surface area contributed by atoms with Gasteiger partial charge >= 0.3 is 12.2 Å². The lowest BCUT2D eigenvalue weighted by atomic mass is 9.94. The zero-order valence-corrected chi connectivity index (χ0v) is 32.0. The molecule has 3 aromatic rings. The Morgan fingerprint density at radius 3 is 2.13 bits per heavy atom. The highest BCUT2D eigenvalue weighted by molar-refractivity contribution is 7.14. The third-order valence-electron chi connectivity index (χ3n) is 9.32. The van der Waals surface area contributed by atoms with Crippen molar-refractivity contribution in [2.24, 2.45) is 5.73 Å². The van der Waals surface area contributed by atoms with Crippen LogP contribution in [0.4, 0.5) is 21.0 Å². The lowest BCUT2D eigenvalue weighted by Crippen LogP contribution is -2.57. The smallest absolute Gasteiger partial charge is 0.410 e. The maximum atomic E-state index is 13.6. The van der Waals surface area contributed by atoms with Crippen LogP contribution in [0.1, 0.15) is 72.8 Å². The van der Waals surface area contributed by atoms with Crippen LogP contribution in [0.25, 0.3) is 11.1 Å². The monoisotopic (exact) mass is 728 g/mol. The number of carbonyl (C=O) groups is 4. The molecule has 0 aliphatic carbocycles. The van der Waals surface area contributed by atoms with Crippen LogP contribution in [0.15, 0.2) is 54.4 Å². The summed E-state index contributed by atoms with van der Waals surface area (Å²) in [5.74, 6) is -0.772. The summed E-state index contributed by atoms with van der Waals surface area (Å²) in [4.78, 5) is 61.1. The number of amides is 4. The highest BCUT2D eigenvalue weighted by Crippen LogP contribution is 2.40. The maximum Gasteiger partial charge on any atom is 0.410 e. The van der Waals surface area contributed by atoms with E-state index in [0.29, 0.717) is 55.4 Å². The molecule has 0 spiro atoms. The van der Waals surface area contributed by atoms with Crippen LogP contribution in [0, 0.1) is 13.8 Å². The van der Waals surface area contributed by atoms with Crippen molar-refractivity contribution in [2.75, 3.05) is 36.4 Å². The van der Waals surface area contributed by atoms with E-state index in [1.807, 2.05) is 108 Å². The minimum absolute atomic E-state index is 0.214. The van der Waals surface area contributed by atoms with Crippen molar-refractivity contribution < 1.29 is 28.7 Å². The van der Waals surface area contributed by atoms with E-state index in [9.17, 15) is 19.2 Å². The van der Waals surface area contributed by atoms with E-state index >= 15 is 0 Å². The number of hydrogen-bond donors (Lipinski definition) is 2. The van der Waals surface area contributed by atoms with Crippen LogP contribution in [-0.4, -0.2) is 82.2 Å². The molecule has 6 rings (SSSR count). The van der Waals surface area contributed by atoms with Crippen molar-refractivity contribution in [3.63, 3.8) is 0 Å². The van der Waals surface area contributed by atoms with E-state index in [4.69, 9.17) is 15.2 Å². The van der Waals surface area contributed by atoms with E-state index < -0.39 is 23.2 Å². The number of thiophene rings is 1. The lowest BCUT2D eigenvalue weighted by molar-refractivity contribution is -0.114. The fraction of sp³-hybridized carbons (Fsp3) is 0.436. The SMILES string of the molecule is Cc1c(NC(=O)c2cc3c(s2)CCN(C(=O)OC(C)(C)C)C3)cccc1-c1cccc(N2C(C(N)=O)=CN3CCN(C(=O)OC(C)(C)C)CC32)c1C. The quantitative estimate of drug-likeness (QED) is 0.300. The molecular formula is C39H48N6O6S. The average molecular weight is 729 g/mol. The highest BCUT2D eigenvalue weighted by atomic mass is 32.1. The Kier molecular flexibility index (Phi) is 9.77. The van der Waals surface area contributed by atoms with Gasteiger partial charge in [-0.3, -0.25) is 9.59 Å². The minimum atomic E-state index is -0.634. The first-order valence-electron chi connectivity index (χ1n) is 17.5. The average Bonchev–Trinajstić information content (AvgIpc) is 3.66. The molecule has 276 valence electrons. The van der Waals surface area contributed by atoms with Crippen molar-refractivity contribution in [3.05, 3.63) is 80.8 Å². The van der Waals surface area contributed by atoms with Crippen LogP contribution in [-0.2, 0) is 27.2 Å². The molecule has 52 heavy (non-hydrogen) atoms. The van der Waals surface area contributed by atoms with Crippen LogP contribution in [0.5, 0.6) is 0 Å². The van der Waals surface area contributed by atoms with Crippen molar-refractivity contribution in [1.29, 1.82) is 0 Å². The van der Waals surface area contributed by atoms with Crippen molar-refractivity contribution >= 4 is 46.7 Å². The second-order valence-corrected chi connectivity index (χ2v) is 16.6. The third-order valence-corrected chi connectivity index (χ3v) is 10.6. The Bertz CT molecular complexity index is 1960. The second-order valence-electron chi connectivity index (χ2n) is 15.5. The maximum absolute atomic E-state index is 13.6. The van der Waals surface area contributed by atoms with Crippen LogP contribution in [0.2, 0.25) is 0 Å². The summed E-state index contributed by atoms with van der Waals surface area (Å²) < 4.78 is 11.2. The van der Waals surface area contributed by atoms with Crippen LogP contribution in [0.3, 0.4) is 0 Å². The first-order valence-corrected chi connectivity index (χ1v) is 18.4. The number of primary amides is 1. The number of nitrogens with zero attached hydrogens (tertiary/aromatic N) is 4. The summed E-state index contributed by atoms with van der Waals surface area (Å²) in [5, 5.41) is 3.12. The summed E-state index contributed by atoms with van der Waals surface area (Å²) in [7, 11) is 0. The summed E-state index contributed by atoms with van der Waals surface area (Å²) in [6.07, 6.45) is 1.34. The van der Waals surface area contributed by atoms with Gasteiger partial charge in [0.05, 0.1) is 18.0 Å². The molecule has 1 aromatic heterocycles. The molecule has 3 aliphatic rings. The van der Waals surface area contributed by atoms with Gasteiger partial charge in [0.15, 0.2) is 0 Å². The Balaban J connectivity index is 1.24. The molecule has 0 saturated carbocycles. The molecule has 3 aliphatic heterocycles. The number of nitrogens with one attached hydrogen (secondary N) is 1. The third kappa shape index (κ3) is 7.59. The fourth-order valence-electron chi connectivity index (χ4n) is 6.85. The van der Waals surface area contributed by atoms with Crippen molar-refractivity contribution in [1.82, 2.24) is 14.7 Å². The molecule has 4 heterocycles. The van der Waals surface area contributed by atoms with Gasteiger partial charge in [-0.15, -0.1) is 11.3 Å². The molecule has 12 nitrogen and oxygen atoms in total. The van der Waals surface area contributed by atoms with Gasteiger partial charge in [0.1, 0.15) is 23.1 Å². The summed E-state index contributed by atoms with van der Waals surface area (Å²) in [6.45, 7) is 17.3. The normalized spacial score (nSPS) is 17.3. The van der Waals surface area contributed by atoms with E-state index in [2.05, 4.69) is 5.32 Å². The number of benzene rings is 2. The molecule has 0 radical (unpaired) electrons. The fourth-order valence-corrected chi connectivity index (χ4v) is 7.91. The predicted molar refractivity (Wildman–Crippen MR) is 202 cm³/mol. The number of piperazine rings is 1. The summed E-state index contributed by atoms with van der Waals surface area (Å²) in [6, 6.07) is 13.6. The standard InChI is InChI=1S/C39H48N6O6S/c1-23-26(11-9-13-28(23)41-35(47)32-19-25-20-43(16-15-31(25)52-32)36(48)50-38(3,4)5)27-12-10-14-29(24(27)2)45-30(34(40)46)21-42-17-18-44(22-33(42)45)37(49)51-39(6,7)8/h9-14,19,21,33H,15-18,20,22H2,1-8H3,(H2,40,46)(H,41,47). The van der Waals surface area contributed by atoms with Gasteiger partial charge in [-0.1, -0.05) is 24.3 Å². The first kappa shape index (κ1) is 36.7. The van der Waals surface area contributed by atoms with Gasteiger partial charge in [0, 0.05) is 42.1 Å². The zero-order chi connectivity index (χ0) is 37.7. The largest absolute Gasteiger partial charge is 0.444 e. The summed E-state index contributed by atoms with van der Waals surface area (Å²) >= 11 is 1.45. The van der Waals surface area contributed by atoms with Gasteiger partial charge in [-0.25, -0.2) is 9.59 Å². The van der Waals surface area contributed by atoms with Gasteiger partial charge in [-0.05, 0) is 108 Å². The molecule has 4 amide bonds. The van der Waals surface area contributed by atoms with E-state index in [-0.39, 0.29) is 18.2 Å². The van der Waals surface area contributed by atoms with Crippen LogP contribution < -0.4 is 16.0 Å². The Morgan fingerprint density at radius 2 is 1.48 bits per heavy atom. The Hall–Kier alpha value is -5.04. The molecule has 2 aromatic carbocycles. The zero-order valence-electron chi connectivity index (χ0n) is 31.2. The lowest BCUT2D eigenvalue weighted by Gasteiger charge is -2.42. The summed E-state index contributed by atoms with van der Waals surface area (Å²) in [5.41, 5.74) is 11.2. The van der Waals surface area contributed by atoms with Gasteiger partial charge in [0.2, 0.25) is 0 Å². The Labute approximate surface area is 309 Å². The topological polar surface area (TPSA) is 138 Å². The number of carbonyl (C=O) groups excluding carboxylic acids is 4. The molecule has 1 fully saturated rings. The molecule has 3 N–H and O–H groups in total. The number of anilines is 2. The van der Waals surface area contributed by atoms with E-state index in [1.165, 1.54) is 11.3 Å². The predicted octanol–water partition coefficient (Wildman–Crippen LogP) is 6.60. The van der Waals surface area contributed by atoms with Crippen LogP contribution >= 0.6 is 11.3 Å². The Morgan fingerprint density at radius 1 is 0.846 bits per heavy atom. The van der Waals surface area contributed by atoms with Crippen molar-refractivity contribution in [3.8, 4) is 11.1 Å². The molecular weight excluding hydrogens is 681 g/mol. The van der Waals surface area contributed by atoms with Gasteiger partial charge in [0.25, 0.3) is 11.8 Å². The number of hydrogen-bond acceptors (Lipinski definition) is 9. The minimum Gasteiger partial charge on any atom is -0.444 e. The highest BCUT2D eigenvalue weighted by Gasteiger charge is 2.42. The van der Waals surface area contributed by atoms with E-state index in [0.717, 1.165) is 38.4 Å². The van der Waals surface area contributed by atoms with E-state index in [1.54, 1.807) is 16.0 Å². The number of ether oxygens (including phenoxy) is 2. The first-order chi connectivity index (χ1) is 24.4. The molecule has 0 bridgehead atoms.